The molecule has 88 valence electrons. The van der Waals surface area contributed by atoms with Crippen LogP contribution in [0.15, 0.2) is 34.0 Å². The first-order chi connectivity index (χ1) is 8.04. The summed E-state index contributed by atoms with van der Waals surface area (Å²) in [7, 11) is 0. The number of aromatic hydroxyl groups is 1. The summed E-state index contributed by atoms with van der Waals surface area (Å²) in [4.78, 5) is 11.5. The van der Waals surface area contributed by atoms with E-state index in [1.54, 1.807) is 13.0 Å². The Labute approximate surface area is 99.0 Å². The molecule has 1 heterocycles. The van der Waals surface area contributed by atoms with E-state index < -0.39 is 0 Å². The number of rotatable bonds is 2. The van der Waals surface area contributed by atoms with Gasteiger partial charge in [-0.25, -0.2) is 4.79 Å². The lowest BCUT2D eigenvalue weighted by atomic mass is 10.0. The molecule has 1 aromatic carbocycles. The van der Waals surface area contributed by atoms with Gasteiger partial charge in [0.05, 0.1) is 0 Å². The zero-order valence-electron chi connectivity index (χ0n) is 9.91. The van der Waals surface area contributed by atoms with Crippen LogP contribution in [0.3, 0.4) is 0 Å². The Balaban J connectivity index is 2.84. The lowest BCUT2D eigenvalue weighted by Gasteiger charge is -2.07. The van der Waals surface area contributed by atoms with Crippen LogP contribution in [0.1, 0.15) is 16.7 Å². The Morgan fingerprint density at radius 1 is 1.35 bits per heavy atom. The van der Waals surface area contributed by atoms with Crippen molar-refractivity contribution >= 4 is 11.0 Å². The minimum Gasteiger partial charge on any atom is -0.508 e. The second-order valence-corrected chi connectivity index (χ2v) is 4.11. The third-order valence-electron chi connectivity index (χ3n) is 3.02. The molecule has 0 aliphatic heterocycles. The number of hydrogen-bond donors (Lipinski definition) is 1. The van der Waals surface area contributed by atoms with Gasteiger partial charge in [-0.2, -0.15) is 0 Å². The summed E-state index contributed by atoms with van der Waals surface area (Å²) < 4.78 is 5.15. The lowest BCUT2D eigenvalue weighted by molar-refractivity contribution is 0.467. The van der Waals surface area contributed by atoms with Gasteiger partial charge in [-0.05, 0) is 37.5 Å². The summed E-state index contributed by atoms with van der Waals surface area (Å²) >= 11 is 0. The van der Waals surface area contributed by atoms with Crippen LogP contribution in [0, 0.1) is 13.8 Å². The number of allylic oxidation sites excluding steroid dienone is 1. The number of hydrogen-bond acceptors (Lipinski definition) is 3. The monoisotopic (exact) mass is 230 g/mol. The second kappa shape index (κ2) is 4.09. The van der Waals surface area contributed by atoms with E-state index >= 15 is 0 Å². The van der Waals surface area contributed by atoms with Crippen molar-refractivity contribution in [2.45, 2.75) is 20.3 Å². The van der Waals surface area contributed by atoms with Crippen LogP contribution in [0.4, 0.5) is 0 Å². The van der Waals surface area contributed by atoms with Crippen molar-refractivity contribution in [3.8, 4) is 5.75 Å². The van der Waals surface area contributed by atoms with Crippen molar-refractivity contribution in [1.29, 1.82) is 0 Å². The minimum absolute atomic E-state index is 0.129. The Hall–Kier alpha value is -2.03. The number of phenols is 1. The van der Waals surface area contributed by atoms with Crippen LogP contribution in [-0.4, -0.2) is 5.11 Å². The standard InChI is InChI=1S/C14H14O3/c1-4-5-10-6-11-8(2)9(3)14(16)17-13(11)7-12(10)15/h4,6-7,15H,1,5H2,2-3H3. The van der Waals surface area contributed by atoms with Gasteiger partial charge in [0, 0.05) is 17.0 Å². The van der Waals surface area contributed by atoms with E-state index in [1.165, 1.54) is 6.07 Å². The average Bonchev–Trinajstić information content (AvgIpc) is 2.29. The van der Waals surface area contributed by atoms with Crippen LogP contribution in [-0.2, 0) is 6.42 Å². The highest BCUT2D eigenvalue weighted by Gasteiger charge is 2.10. The topological polar surface area (TPSA) is 50.4 Å². The summed E-state index contributed by atoms with van der Waals surface area (Å²) in [6, 6.07) is 3.33. The van der Waals surface area contributed by atoms with Gasteiger partial charge in [0.15, 0.2) is 0 Å². The molecule has 17 heavy (non-hydrogen) atoms. The average molecular weight is 230 g/mol. The Morgan fingerprint density at radius 3 is 2.71 bits per heavy atom. The molecule has 1 N–H and O–H groups in total. The third kappa shape index (κ3) is 1.84. The molecule has 0 fully saturated rings. The fourth-order valence-electron chi connectivity index (χ4n) is 1.84. The molecule has 0 spiro atoms. The molecule has 0 aliphatic carbocycles. The van der Waals surface area contributed by atoms with Crippen LogP contribution < -0.4 is 5.63 Å². The largest absolute Gasteiger partial charge is 0.508 e. The quantitative estimate of drug-likeness (QED) is 0.637. The smallest absolute Gasteiger partial charge is 0.339 e. The van der Waals surface area contributed by atoms with Crippen LogP contribution in [0.5, 0.6) is 5.75 Å². The molecule has 3 heteroatoms. The molecule has 0 saturated carbocycles. The maximum atomic E-state index is 11.5. The molecule has 0 atom stereocenters. The highest BCUT2D eigenvalue weighted by molar-refractivity contribution is 5.83. The number of phenolic OH excluding ortho intramolecular Hbond substituents is 1. The van der Waals surface area contributed by atoms with Gasteiger partial charge in [-0.3, -0.25) is 0 Å². The SMILES string of the molecule is C=CCc1cc2c(C)c(C)c(=O)oc2cc1O. The fraction of sp³-hybridized carbons (Fsp3) is 0.214. The fourth-order valence-corrected chi connectivity index (χ4v) is 1.84. The summed E-state index contributed by atoms with van der Waals surface area (Å²) in [6.45, 7) is 7.26. The Morgan fingerprint density at radius 2 is 2.06 bits per heavy atom. The van der Waals surface area contributed by atoms with Gasteiger partial charge < -0.3 is 9.52 Å². The molecule has 0 amide bonds. The molecule has 0 bridgehead atoms. The normalized spacial score (nSPS) is 10.7. The maximum absolute atomic E-state index is 11.5. The van der Waals surface area contributed by atoms with E-state index in [-0.39, 0.29) is 11.4 Å². The van der Waals surface area contributed by atoms with Gasteiger partial charge in [0.1, 0.15) is 11.3 Å². The summed E-state index contributed by atoms with van der Waals surface area (Å²) in [5.74, 6) is 0.129. The van der Waals surface area contributed by atoms with E-state index in [4.69, 9.17) is 4.42 Å². The van der Waals surface area contributed by atoms with Crippen LogP contribution in [0.2, 0.25) is 0 Å². The van der Waals surface area contributed by atoms with Gasteiger partial charge in [0.2, 0.25) is 0 Å². The predicted octanol–water partition coefficient (Wildman–Crippen LogP) is 2.84. The molecule has 1 aromatic heterocycles. The van der Waals surface area contributed by atoms with Crippen molar-refractivity contribution in [2.24, 2.45) is 0 Å². The number of aryl methyl sites for hydroxylation is 1. The van der Waals surface area contributed by atoms with Gasteiger partial charge in [-0.1, -0.05) is 6.08 Å². The molecular formula is C14H14O3. The summed E-state index contributed by atoms with van der Waals surface area (Å²) in [6.07, 6.45) is 2.31. The number of benzene rings is 1. The zero-order valence-corrected chi connectivity index (χ0v) is 9.91. The Bertz CT molecular complexity index is 651. The first-order valence-corrected chi connectivity index (χ1v) is 5.41. The van der Waals surface area contributed by atoms with E-state index in [0.717, 1.165) is 16.5 Å². The second-order valence-electron chi connectivity index (χ2n) is 4.11. The van der Waals surface area contributed by atoms with Gasteiger partial charge in [-0.15, -0.1) is 6.58 Å². The molecule has 0 radical (unpaired) electrons. The number of fused-ring (bicyclic) bond motifs is 1. The van der Waals surface area contributed by atoms with Crippen molar-refractivity contribution in [1.82, 2.24) is 0 Å². The summed E-state index contributed by atoms with van der Waals surface area (Å²) in [5.41, 5.74) is 2.34. The van der Waals surface area contributed by atoms with Crippen molar-refractivity contribution < 1.29 is 9.52 Å². The molecule has 0 unspecified atom stereocenters. The molecule has 0 saturated heterocycles. The highest BCUT2D eigenvalue weighted by Crippen LogP contribution is 2.27. The lowest BCUT2D eigenvalue weighted by Crippen LogP contribution is -2.05. The van der Waals surface area contributed by atoms with Crippen molar-refractivity contribution in [3.05, 3.63) is 51.9 Å². The third-order valence-corrected chi connectivity index (χ3v) is 3.02. The van der Waals surface area contributed by atoms with Crippen molar-refractivity contribution in [2.75, 3.05) is 0 Å². The van der Waals surface area contributed by atoms with Gasteiger partial charge in [0.25, 0.3) is 0 Å². The first kappa shape index (κ1) is 11.5. The first-order valence-electron chi connectivity index (χ1n) is 5.41. The molecule has 2 aromatic rings. The molecule has 0 aliphatic rings. The molecule has 3 nitrogen and oxygen atoms in total. The van der Waals surface area contributed by atoms with E-state index in [1.807, 2.05) is 13.0 Å². The zero-order chi connectivity index (χ0) is 12.6. The highest BCUT2D eigenvalue weighted by atomic mass is 16.4. The molecular weight excluding hydrogens is 216 g/mol. The summed E-state index contributed by atoms with van der Waals surface area (Å²) in [5, 5.41) is 10.6. The van der Waals surface area contributed by atoms with E-state index in [0.29, 0.717) is 17.6 Å². The maximum Gasteiger partial charge on any atom is 0.339 e. The predicted molar refractivity (Wildman–Crippen MR) is 67.5 cm³/mol. The minimum atomic E-state index is -0.356. The van der Waals surface area contributed by atoms with E-state index in [2.05, 4.69) is 6.58 Å². The van der Waals surface area contributed by atoms with Gasteiger partial charge >= 0.3 is 5.63 Å². The van der Waals surface area contributed by atoms with Crippen LogP contribution in [0.25, 0.3) is 11.0 Å². The molecule has 2 rings (SSSR count). The Kier molecular flexibility index (Phi) is 2.76. The van der Waals surface area contributed by atoms with E-state index in [9.17, 15) is 9.90 Å². The van der Waals surface area contributed by atoms with Crippen LogP contribution >= 0.6 is 0 Å². The van der Waals surface area contributed by atoms with Crippen molar-refractivity contribution in [3.63, 3.8) is 0 Å².